The maximum Gasteiger partial charge on any atom is 0.0308 e. The molecule has 3 aliphatic rings. The van der Waals surface area contributed by atoms with Gasteiger partial charge in [-0.15, -0.1) is 0 Å². The second-order valence-electron chi connectivity index (χ2n) is 6.77. The minimum atomic E-state index is 0.494. The summed E-state index contributed by atoms with van der Waals surface area (Å²) in [4.78, 5) is 2.80. The first-order valence-corrected chi connectivity index (χ1v) is 7.77. The fraction of sp³-hybridized carbons (Fsp3) is 1.00. The predicted octanol–water partition coefficient (Wildman–Crippen LogP) is 2.78. The quantitative estimate of drug-likeness (QED) is 0.810. The number of hydrogen-bond donors (Lipinski definition) is 1. The Morgan fingerprint density at radius 2 is 2.00 bits per heavy atom. The third kappa shape index (κ3) is 2.85. The van der Waals surface area contributed by atoms with Crippen molar-refractivity contribution in [2.75, 3.05) is 19.6 Å². The molecule has 1 spiro atoms. The lowest BCUT2D eigenvalue weighted by molar-refractivity contribution is 0.155. The average Bonchev–Trinajstić information content (AvgIpc) is 3.04. The zero-order valence-electron chi connectivity index (χ0n) is 11.4. The van der Waals surface area contributed by atoms with Crippen molar-refractivity contribution in [1.29, 1.82) is 0 Å². The van der Waals surface area contributed by atoms with Gasteiger partial charge in [0.15, 0.2) is 0 Å². The maximum atomic E-state index is 3.87. The van der Waals surface area contributed by atoms with Crippen LogP contribution in [0, 0.1) is 5.92 Å². The largest absolute Gasteiger partial charge is 0.310 e. The Labute approximate surface area is 106 Å². The van der Waals surface area contributed by atoms with E-state index >= 15 is 0 Å². The Kier molecular flexibility index (Phi) is 3.45. The van der Waals surface area contributed by atoms with Gasteiger partial charge in [0.1, 0.15) is 0 Å². The van der Waals surface area contributed by atoms with E-state index in [0.717, 1.165) is 12.0 Å². The lowest BCUT2D eigenvalue weighted by Crippen LogP contribution is -2.51. The minimum absolute atomic E-state index is 0.494. The van der Waals surface area contributed by atoms with E-state index in [1.54, 1.807) is 0 Å². The van der Waals surface area contributed by atoms with Crippen LogP contribution < -0.4 is 5.32 Å². The summed E-state index contributed by atoms with van der Waals surface area (Å²) in [5.74, 6) is 1.07. The van der Waals surface area contributed by atoms with Gasteiger partial charge < -0.3 is 5.32 Å². The average molecular weight is 236 g/mol. The van der Waals surface area contributed by atoms with Gasteiger partial charge in [-0.2, -0.15) is 0 Å². The summed E-state index contributed by atoms with van der Waals surface area (Å²) in [7, 11) is 0. The van der Waals surface area contributed by atoms with Crippen LogP contribution in [0.2, 0.25) is 0 Å². The Balaban J connectivity index is 1.61. The molecule has 2 aliphatic carbocycles. The van der Waals surface area contributed by atoms with Crippen molar-refractivity contribution in [2.24, 2.45) is 5.92 Å². The Bertz CT molecular complexity index is 254. The van der Waals surface area contributed by atoms with E-state index in [1.807, 2.05) is 0 Å². The fourth-order valence-electron chi connectivity index (χ4n) is 3.91. The van der Waals surface area contributed by atoms with Crippen molar-refractivity contribution in [3.05, 3.63) is 0 Å². The fourth-order valence-corrected chi connectivity index (χ4v) is 3.91. The lowest BCUT2D eigenvalue weighted by Gasteiger charge is -2.36. The first-order chi connectivity index (χ1) is 8.27. The van der Waals surface area contributed by atoms with Crippen molar-refractivity contribution in [3.8, 4) is 0 Å². The standard InChI is InChI=1S/C15H28N2/c1-13(11-14-5-6-14)17-10-4-9-16-15(12-17)7-2-3-8-15/h13-14,16H,2-12H2,1H3. The van der Waals surface area contributed by atoms with Gasteiger partial charge in [0.05, 0.1) is 0 Å². The highest BCUT2D eigenvalue weighted by molar-refractivity contribution is 4.98. The monoisotopic (exact) mass is 236 g/mol. The summed E-state index contributed by atoms with van der Waals surface area (Å²) in [5.41, 5.74) is 0.494. The van der Waals surface area contributed by atoms with Gasteiger partial charge in [-0.05, 0) is 51.6 Å². The molecule has 1 saturated heterocycles. The Hall–Kier alpha value is -0.0800. The third-order valence-electron chi connectivity index (χ3n) is 5.18. The van der Waals surface area contributed by atoms with Crippen LogP contribution in [0.25, 0.3) is 0 Å². The van der Waals surface area contributed by atoms with Gasteiger partial charge in [-0.25, -0.2) is 0 Å². The van der Waals surface area contributed by atoms with E-state index < -0.39 is 0 Å². The zero-order chi connectivity index (χ0) is 11.7. The summed E-state index contributed by atoms with van der Waals surface area (Å²) in [6.07, 6.45) is 11.5. The first-order valence-electron chi connectivity index (χ1n) is 7.77. The van der Waals surface area contributed by atoms with Crippen LogP contribution in [-0.4, -0.2) is 36.1 Å². The summed E-state index contributed by atoms with van der Waals surface area (Å²) in [6, 6.07) is 0.819. The molecule has 0 aromatic heterocycles. The minimum Gasteiger partial charge on any atom is -0.310 e. The topological polar surface area (TPSA) is 15.3 Å². The maximum absolute atomic E-state index is 3.87. The highest BCUT2D eigenvalue weighted by Crippen LogP contribution is 2.36. The molecule has 1 unspecified atom stereocenters. The molecule has 0 radical (unpaired) electrons. The molecule has 2 saturated carbocycles. The summed E-state index contributed by atoms with van der Waals surface area (Å²) < 4.78 is 0. The summed E-state index contributed by atoms with van der Waals surface area (Å²) in [6.45, 7) is 6.35. The van der Waals surface area contributed by atoms with Crippen LogP contribution in [0.3, 0.4) is 0 Å². The molecule has 1 atom stereocenters. The van der Waals surface area contributed by atoms with Gasteiger partial charge in [0, 0.05) is 18.1 Å². The highest BCUT2D eigenvalue weighted by Gasteiger charge is 2.38. The molecule has 1 heterocycles. The van der Waals surface area contributed by atoms with Gasteiger partial charge in [0.25, 0.3) is 0 Å². The number of nitrogens with zero attached hydrogens (tertiary/aromatic N) is 1. The number of rotatable bonds is 3. The second-order valence-corrected chi connectivity index (χ2v) is 6.77. The Morgan fingerprint density at radius 3 is 2.71 bits per heavy atom. The predicted molar refractivity (Wildman–Crippen MR) is 72.2 cm³/mol. The van der Waals surface area contributed by atoms with E-state index in [0.29, 0.717) is 5.54 Å². The summed E-state index contributed by atoms with van der Waals surface area (Å²) in [5, 5.41) is 3.87. The van der Waals surface area contributed by atoms with Crippen molar-refractivity contribution in [3.63, 3.8) is 0 Å². The second kappa shape index (κ2) is 4.89. The van der Waals surface area contributed by atoms with Gasteiger partial charge in [-0.1, -0.05) is 25.7 Å². The van der Waals surface area contributed by atoms with Crippen molar-refractivity contribution in [2.45, 2.75) is 69.9 Å². The molecule has 2 heteroatoms. The number of hydrogen-bond acceptors (Lipinski definition) is 2. The molecule has 3 fully saturated rings. The third-order valence-corrected chi connectivity index (χ3v) is 5.18. The van der Waals surface area contributed by atoms with Crippen LogP contribution in [0.5, 0.6) is 0 Å². The van der Waals surface area contributed by atoms with E-state index in [1.165, 1.54) is 71.0 Å². The van der Waals surface area contributed by atoms with Crippen LogP contribution in [-0.2, 0) is 0 Å². The molecule has 0 aromatic rings. The SMILES string of the molecule is CC(CC1CC1)N1CCCNC2(CCCC2)C1. The van der Waals surface area contributed by atoms with Gasteiger partial charge in [-0.3, -0.25) is 4.90 Å². The van der Waals surface area contributed by atoms with Crippen LogP contribution >= 0.6 is 0 Å². The molecule has 17 heavy (non-hydrogen) atoms. The molecular weight excluding hydrogens is 208 g/mol. The first kappa shape index (κ1) is 12.0. The van der Waals surface area contributed by atoms with Crippen molar-refractivity contribution >= 4 is 0 Å². The van der Waals surface area contributed by atoms with Crippen LogP contribution in [0.15, 0.2) is 0 Å². The molecular formula is C15H28N2. The van der Waals surface area contributed by atoms with E-state index in [9.17, 15) is 0 Å². The van der Waals surface area contributed by atoms with Crippen molar-refractivity contribution < 1.29 is 0 Å². The molecule has 2 nitrogen and oxygen atoms in total. The van der Waals surface area contributed by atoms with Crippen LogP contribution in [0.1, 0.15) is 58.3 Å². The molecule has 0 aromatic carbocycles. The molecule has 0 bridgehead atoms. The van der Waals surface area contributed by atoms with Crippen LogP contribution in [0.4, 0.5) is 0 Å². The Morgan fingerprint density at radius 1 is 1.24 bits per heavy atom. The smallest absolute Gasteiger partial charge is 0.0308 e. The molecule has 3 rings (SSSR count). The molecule has 1 aliphatic heterocycles. The normalized spacial score (nSPS) is 31.6. The lowest BCUT2D eigenvalue weighted by atomic mass is 9.96. The molecule has 98 valence electrons. The summed E-state index contributed by atoms with van der Waals surface area (Å²) >= 11 is 0. The van der Waals surface area contributed by atoms with Gasteiger partial charge in [0.2, 0.25) is 0 Å². The van der Waals surface area contributed by atoms with E-state index in [4.69, 9.17) is 0 Å². The van der Waals surface area contributed by atoms with E-state index in [-0.39, 0.29) is 0 Å². The van der Waals surface area contributed by atoms with Crippen molar-refractivity contribution in [1.82, 2.24) is 10.2 Å². The molecule has 1 N–H and O–H groups in total. The van der Waals surface area contributed by atoms with E-state index in [2.05, 4.69) is 17.1 Å². The highest BCUT2D eigenvalue weighted by atomic mass is 15.2. The zero-order valence-corrected chi connectivity index (χ0v) is 11.4. The van der Waals surface area contributed by atoms with Gasteiger partial charge >= 0.3 is 0 Å². The molecule has 0 amide bonds. The number of nitrogens with one attached hydrogen (secondary N) is 1.